The molecule has 0 aliphatic heterocycles. The molecule has 0 radical (unpaired) electrons. The molecule has 0 saturated heterocycles. The summed E-state index contributed by atoms with van der Waals surface area (Å²) in [6.45, 7) is 9.31. The molecule has 0 amide bonds. The van der Waals surface area contributed by atoms with E-state index in [1.807, 2.05) is 24.8 Å². The minimum Gasteiger partial charge on any atom is -0.383 e. The fraction of sp³-hybridized carbons (Fsp3) is 0.478. The van der Waals surface area contributed by atoms with E-state index in [4.69, 9.17) is 5.73 Å². The van der Waals surface area contributed by atoms with Gasteiger partial charge in [-0.25, -0.2) is 9.78 Å². The molecule has 0 aromatic carbocycles. The molecule has 3 rings (SSSR count). The van der Waals surface area contributed by atoms with Crippen molar-refractivity contribution in [1.82, 2.24) is 18.9 Å². The molecule has 0 spiro atoms. The summed E-state index contributed by atoms with van der Waals surface area (Å²) in [5.74, 6) is 0.533. The van der Waals surface area contributed by atoms with Gasteiger partial charge in [-0.15, -0.1) is 0 Å². The third-order valence-corrected chi connectivity index (χ3v) is 5.46. The van der Waals surface area contributed by atoms with Crippen molar-refractivity contribution in [3.8, 4) is 0 Å². The standard InChI is InChI=1S/C23H32N6O3/c1-5-6-10-28-21(24)20(22(31)26-23(28)32)27(11-9-15(2)3)14-17-12-19(30)29-13-16(4)7-8-18(29)25-17/h7-8,12-13,15H,5-6,9-11,14,24H2,1-4H3,(H,26,31,32). The van der Waals surface area contributed by atoms with Gasteiger partial charge < -0.3 is 10.6 Å². The average Bonchev–Trinajstić information content (AvgIpc) is 2.72. The Bertz CT molecular complexity index is 1270. The van der Waals surface area contributed by atoms with Crippen molar-refractivity contribution in [2.75, 3.05) is 17.2 Å². The van der Waals surface area contributed by atoms with Crippen molar-refractivity contribution >= 4 is 17.2 Å². The van der Waals surface area contributed by atoms with Crippen LogP contribution in [0.15, 0.2) is 38.8 Å². The van der Waals surface area contributed by atoms with E-state index in [9.17, 15) is 14.4 Å². The van der Waals surface area contributed by atoms with Crippen LogP contribution in [-0.4, -0.2) is 25.5 Å². The maximum absolute atomic E-state index is 12.8. The third kappa shape index (κ3) is 5.09. The number of rotatable bonds is 9. The molecule has 0 saturated carbocycles. The Labute approximate surface area is 186 Å². The van der Waals surface area contributed by atoms with Crippen LogP contribution in [0, 0.1) is 12.8 Å². The number of nitrogens with one attached hydrogen (secondary N) is 1. The first-order valence-corrected chi connectivity index (χ1v) is 11.1. The van der Waals surface area contributed by atoms with Gasteiger partial charge in [-0.2, -0.15) is 0 Å². The lowest BCUT2D eigenvalue weighted by Crippen LogP contribution is -2.39. The summed E-state index contributed by atoms with van der Waals surface area (Å²) in [5, 5.41) is 0. The maximum atomic E-state index is 12.8. The van der Waals surface area contributed by atoms with E-state index < -0.39 is 11.2 Å². The predicted molar refractivity (Wildman–Crippen MR) is 127 cm³/mol. The van der Waals surface area contributed by atoms with Gasteiger partial charge in [0.25, 0.3) is 11.1 Å². The molecular weight excluding hydrogens is 408 g/mol. The van der Waals surface area contributed by atoms with Crippen LogP contribution in [0.3, 0.4) is 0 Å². The Kier molecular flexibility index (Phi) is 7.17. The Morgan fingerprint density at radius 3 is 2.66 bits per heavy atom. The zero-order chi connectivity index (χ0) is 23.4. The Balaban J connectivity index is 2.08. The lowest BCUT2D eigenvalue weighted by molar-refractivity contribution is 0.563. The van der Waals surface area contributed by atoms with Gasteiger partial charge in [0.1, 0.15) is 17.2 Å². The number of hydrogen-bond donors (Lipinski definition) is 2. The number of unbranched alkanes of at least 4 members (excludes halogenated alkanes) is 1. The number of fused-ring (bicyclic) bond motifs is 1. The van der Waals surface area contributed by atoms with Crippen molar-refractivity contribution < 1.29 is 0 Å². The molecule has 0 aliphatic rings. The lowest BCUT2D eigenvalue weighted by Gasteiger charge is -2.26. The molecule has 32 heavy (non-hydrogen) atoms. The molecule has 3 aromatic heterocycles. The summed E-state index contributed by atoms with van der Waals surface area (Å²) >= 11 is 0. The molecular formula is C23H32N6O3. The topological polar surface area (TPSA) is 118 Å². The Hall–Kier alpha value is -3.36. The molecule has 3 heterocycles. The van der Waals surface area contributed by atoms with Gasteiger partial charge >= 0.3 is 5.69 Å². The first-order valence-electron chi connectivity index (χ1n) is 11.1. The van der Waals surface area contributed by atoms with E-state index in [1.165, 1.54) is 15.0 Å². The first-order chi connectivity index (χ1) is 15.2. The maximum Gasteiger partial charge on any atom is 0.330 e. The highest BCUT2D eigenvalue weighted by atomic mass is 16.2. The van der Waals surface area contributed by atoms with Crippen LogP contribution >= 0.6 is 0 Å². The highest BCUT2D eigenvalue weighted by molar-refractivity contribution is 5.62. The van der Waals surface area contributed by atoms with Gasteiger partial charge in [0.2, 0.25) is 0 Å². The number of aryl methyl sites for hydroxylation is 1. The van der Waals surface area contributed by atoms with Crippen molar-refractivity contribution in [3.05, 3.63) is 66.8 Å². The quantitative estimate of drug-likeness (QED) is 0.527. The number of pyridine rings is 1. The molecule has 0 fully saturated rings. The number of anilines is 2. The summed E-state index contributed by atoms with van der Waals surface area (Å²) in [6, 6.07) is 5.17. The number of aromatic nitrogens is 4. The molecule has 3 N–H and O–H groups in total. The molecule has 172 valence electrons. The zero-order valence-corrected chi connectivity index (χ0v) is 19.2. The van der Waals surface area contributed by atoms with E-state index in [0.717, 1.165) is 24.8 Å². The second-order valence-corrected chi connectivity index (χ2v) is 8.62. The Morgan fingerprint density at radius 2 is 1.97 bits per heavy atom. The number of aromatic amines is 1. The summed E-state index contributed by atoms with van der Waals surface area (Å²) in [6.07, 6.45) is 4.21. The van der Waals surface area contributed by atoms with Crippen LogP contribution < -0.4 is 27.4 Å². The second kappa shape index (κ2) is 9.84. The van der Waals surface area contributed by atoms with Crippen molar-refractivity contribution in [3.63, 3.8) is 0 Å². The second-order valence-electron chi connectivity index (χ2n) is 8.62. The first kappa shape index (κ1) is 23.3. The van der Waals surface area contributed by atoms with Gasteiger partial charge in [-0.05, 0) is 37.3 Å². The number of nitrogen functional groups attached to an aromatic ring is 1. The summed E-state index contributed by atoms with van der Waals surface area (Å²) in [5.41, 5.74) is 7.39. The molecule has 0 atom stereocenters. The number of nitrogens with two attached hydrogens (primary N) is 1. The van der Waals surface area contributed by atoms with Crippen LogP contribution in [0.1, 0.15) is 51.3 Å². The van der Waals surface area contributed by atoms with Crippen LogP contribution in [0.2, 0.25) is 0 Å². The van der Waals surface area contributed by atoms with E-state index in [1.54, 1.807) is 12.3 Å². The zero-order valence-electron chi connectivity index (χ0n) is 19.2. The monoisotopic (exact) mass is 440 g/mol. The van der Waals surface area contributed by atoms with Gasteiger partial charge in [0.05, 0.1) is 12.2 Å². The number of hydrogen-bond acceptors (Lipinski definition) is 6. The number of nitrogens with zero attached hydrogens (tertiary/aromatic N) is 4. The lowest BCUT2D eigenvalue weighted by atomic mass is 10.1. The van der Waals surface area contributed by atoms with Gasteiger partial charge in [0, 0.05) is 25.4 Å². The SMILES string of the molecule is CCCCn1c(N)c(N(CCC(C)C)Cc2cc(=O)n3cc(C)ccc3n2)c(=O)[nH]c1=O. The smallest absolute Gasteiger partial charge is 0.330 e. The van der Waals surface area contributed by atoms with E-state index in [-0.39, 0.29) is 23.6 Å². The molecule has 3 aromatic rings. The normalized spacial score (nSPS) is 11.4. The Morgan fingerprint density at radius 1 is 1.22 bits per heavy atom. The molecule has 0 bridgehead atoms. The molecule has 9 nitrogen and oxygen atoms in total. The van der Waals surface area contributed by atoms with Gasteiger partial charge in [0.15, 0.2) is 0 Å². The molecule has 9 heteroatoms. The van der Waals surface area contributed by atoms with Crippen LogP contribution in [0.25, 0.3) is 5.65 Å². The molecule has 0 unspecified atom stereocenters. The largest absolute Gasteiger partial charge is 0.383 e. The van der Waals surface area contributed by atoms with E-state index in [2.05, 4.69) is 23.8 Å². The van der Waals surface area contributed by atoms with Crippen LogP contribution in [0.4, 0.5) is 11.5 Å². The van der Waals surface area contributed by atoms with Crippen molar-refractivity contribution in [2.24, 2.45) is 5.92 Å². The van der Waals surface area contributed by atoms with Gasteiger partial charge in [-0.1, -0.05) is 33.3 Å². The minimum absolute atomic E-state index is 0.143. The third-order valence-electron chi connectivity index (χ3n) is 5.46. The fourth-order valence-corrected chi connectivity index (χ4v) is 3.64. The highest BCUT2D eigenvalue weighted by Gasteiger charge is 2.20. The van der Waals surface area contributed by atoms with Crippen molar-refractivity contribution in [1.29, 1.82) is 0 Å². The predicted octanol–water partition coefficient (Wildman–Crippen LogP) is 2.29. The molecule has 0 aliphatic carbocycles. The summed E-state index contributed by atoms with van der Waals surface area (Å²) in [7, 11) is 0. The summed E-state index contributed by atoms with van der Waals surface area (Å²) in [4.78, 5) is 46.6. The van der Waals surface area contributed by atoms with Gasteiger partial charge in [-0.3, -0.25) is 23.5 Å². The van der Waals surface area contributed by atoms with Crippen LogP contribution in [0.5, 0.6) is 0 Å². The average molecular weight is 441 g/mol. The minimum atomic E-state index is -0.530. The number of H-pyrrole nitrogens is 1. The van der Waals surface area contributed by atoms with E-state index >= 15 is 0 Å². The fourth-order valence-electron chi connectivity index (χ4n) is 3.64. The van der Waals surface area contributed by atoms with Crippen LogP contribution in [-0.2, 0) is 13.1 Å². The summed E-state index contributed by atoms with van der Waals surface area (Å²) < 4.78 is 2.91. The van der Waals surface area contributed by atoms with E-state index in [0.29, 0.717) is 30.3 Å². The van der Waals surface area contributed by atoms with Crippen molar-refractivity contribution in [2.45, 2.75) is 60.0 Å². The highest BCUT2D eigenvalue weighted by Crippen LogP contribution is 2.20.